The molecule has 0 spiro atoms. The molecular formula is C5H7N3W3. The third kappa shape index (κ3) is 2.05. The van der Waals surface area contributed by atoms with Crippen LogP contribution < -0.4 is 0 Å². The predicted molar refractivity (Wildman–Crippen MR) is 28.5 cm³/mol. The van der Waals surface area contributed by atoms with Crippen molar-refractivity contribution in [3.63, 3.8) is 0 Å². The van der Waals surface area contributed by atoms with Crippen LogP contribution in [0.4, 0.5) is 0 Å². The molecule has 0 atom stereocenters. The first-order chi connectivity index (χ1) is 5.04. The molecule has 1 heterocycles. The fourth-order valence-electron chi connectivity index (χ4n) is 0.658. The van der Waals surface area contributed by atoms with Crippen LogP contribution in [0.3, 0.4) is 0 Å². The van der Waals surface area contributed by atoms with E-state index >= 15 is 0 Å². The molecule has 0 aliphatic heterocycles. The maximum absolute atomic E-state index is 3.36. The van der Waals surface area contributed by atoms with Crippen molar-refractivity contribution in [2.24, 2.45) is 14.1 Å². The molecule has 11 heavy (non-hydrogen) atoms. The Balaban J connectivity index is 3.89. The van der Waals surface area contributed by atoms with Crippen LogP contribution in [0.25, 0.3) is 0 Å². The summed E-state index contributed by atoms with van der Waals surface area (Å²) in [6.45, 7) is 0. The summed E-state index contributed by atoms with van der Waals surface area (Å²) in [6.07, 6.45) is 0. The van der Waals surface area contributed by atoms with Crippen molar-refractivity contribution < 1.29 is 58.1 Å². The van der Waals surface area contributed by atoms with Crippen LogP contribution in [0.15, 0.2) is 0 Å². The molecular weight excluding hydrogens is 654 g/mol. The number of aromatic amines is 1. The summed E-state index contributed by atoms with van der Waals surface area (Å²) in [5.41, 5.74) is 0. The monoisotopic (exact) mass is 661 g/mol. The number of rotatable bonds is 0. The van der Waals surface area contributed by atoms with Gasteiger partial charge in [-0.3, -0.25) is 0 Å². The van der Waals surface area contributed by atoms with E-state index in [2.05, 4.69) is 28.2 Å². The van der Waals surface area contributed by atoms with Gasteiger partial charge in [-0.25, -0.2) is 0 Å². The van der Waals surface area contributed by atoms with E-state index in [0.717, 1.165) is 0 Å². The van der Waals surface area contributed by atoms with Gasteiger partial charge >= 0.3 is 97.7 Å². The molecule has 6 heteroatoms. The molecule has 60 valence electrons. The Bertz CT molecular complexity index is 398. The Hall–Kier alpha value is 1.07. The van der Waals surface area contributed by atoms with E-state index in [1.807, 2.05) is 0 Å². The van der Waals surface area contributed by atoms with Gasteiger partial charge in [-0.1, -0.05) is 0 Å². The molecule has 0 bridgehead atoms. The zero-order valence-electron chi connectivity index (χ0n) is 6.12. The van der Waals surface area contributed by atoms with Crippen LogP contribution in [0.2, 0.25) is 0 Å². The first kappa shape index (κ1) is 10.2. The van der Waals surface area contributed by atoms with Gasteiger partial charge in [0.1, 0.15) is 0 Å². The van der Waals surface area contributed by atoms with Crippen molar-refractivity contribution in [1.29, 1.82) is 0 Å². The second-order valence-electron chi connectivity index (χ2n) is 2.14. The number of hydrogen-bond acceptors (Lipinski definition) is 0. The fourth-order valence-corrected chi connectivity index (χ4v) is 5.44. The summed E-state index contributed by atoms with van der Waals surface area (Å²) in [5, 5.41) is 0. The molecule has 0 saturated heterocycles. The van der Waals surface area contributed by atoms with Crippen LogP contribution >= 0.6 is 0 Å². The van der Waals surface area contributed by atoms with E-state index in [0.29, 0.717) is 0 Å². The normalized spacial score (nSPS) is 10.0. The Morgan fingerprint density at radius 3 is 1.73 bits per heavy atom. The maximum atomic E-state index is 3.36. The number of aromatic nitrogens is 3. The predicted octanol–water partition coefficient (Wildman–Crippen LogP) is -0.0719. The van der Waals surface area contributed by atoms with E-state index in [-0.39, 0.29) is 0 Å². The quantitative estimate of drug-likeness (QED) is 0.404. The topological polar surface area (TPSA) is 25.6 Å². The average Bonchev–Trinajstić information content (AvgIpc) is 1.97. The van der Waals surface area contributed by atoms with Gasteiger partial charge in [0.05, 0.1) is 0 Å². The molecule has 0 aliphatic rings. The van der Waals surface area contributed by atoms with E-state index in [9.17, 15) is 0 Å². The van der Waals surface area contributed by atoms with Crippen molar-refractivity contribution >= 4 is 0 Å². The van der Waals surface area contributed by atoms with E-state index in [1.165, 1.54) is 69.5 Å². The number of hydrogen-bond donors (Lipinski definition) is 1. The average molecular weight is 661 g/mol. The van der Waals surface area contributed by atoms with Crippen LogP contribution in [-0.2, 0) is 72.2 Å². The molecule has 0 aliphatic carbocycles. The van der Waals surface area contributed by atoms with Crippen molar-refractivity contribution in [3.05, 3.63) is 11.4 Å². The minimum atomic E-state index is 1.30. The van der Waals surface area contributed by atoms with Crippen LogP contribution in [-0.4, -0.2) is 14.1 Å². The summed E-state index contributed by atoms with van der Waals surface area (Å²) < 4.78 is 8.42. The second kappa shape index (κ2) is 3.86. The molecule has 3 nitrogen and oxygen atoms in total. The van der Waals surface area contributed by atoms with Gasteiger partial charge in [-0.2, -0.15) is 0 Å². The van der Waals surface area contributed by atoms with E-state index in [1.54, 1.807) is 0 Å². The molecule has 0 unspecified atom stereocenters. The van der Waals surface area contributed by atoms with Gasteiger partial charge in [0.2, 0.25) is 0 Å². The van der Waals surface area contributed by atoms with Gasteiger partial charge in [-0.05, 0) is 0 Å². The molecule has 0 amide bonds. The van der Waals surface area contributed by atoms with Gasteiger partial charge in [0, 0.05) is 0 Å². The zero-order chi connectivity index (χ0) is 8.59. The summed E-state index contributed by atoms with van der Waals surface area (Å²) in [7, 11) is 4.21. The van der Waals surface area contributed by atoms with Crippen LogP contribution in [0.1, 0.15) is 0 Å². The van der Waals surface area contributed by atoms with Crippen LogP contribution in [0, 0.1) is 11.4 Å². The molecule has 1 aromatic heterocycles. The van der Waals surface area contributed by atoms with E-state index in [4.69, 9.17) is 0 Å². The molecule has 0 aromatic carbocycles. The van der Waals surface area contributed by atoms with Crippen molar-refractivity contribution in [1.82, 2.24) is 14.1 Å². The first-order valence-electron chi connectivity index (χ1n) is 2.90. The van der Waals surface area contributed by atoms with Gasteiger partial charge in [0.25, 0.3) is 0 Å². The Morgan fingerprint density at radius 1 is 1.00 bits per heavy atom. The van der Waals surface area contributed by atoms with Gasteiger partial charge in [-0.15, -0.1) is 0 Å². The molecule has 0 fully saturated rings. The number of nitrogens with one attached hydrogen (secondary N) is 1. The van der Waals surface area contributed by atoms with Crippen LogP contribution in [0.5, 0.6) is 0 Å². The molecule has 0 saturated carbocycles. The van der Waals surface area contributed by atoms with Crippen molar-refractivity contribution in [3.8, 4) is 0 Å². The Labute approximate surface area is 96.7 Å². The summed E-state index contributed by atoms with van der Waals surface area (Å²) >= 11 is 4.50. The Morgan fingerprint density at radius 2 is 1.36 bits per heavy atom. The molecule has 1 N–H and O–H groups in total. The van der Waals surface area contributed by atoms with Crippen molar-refractivity contribution in [2.45, 2.75) is 0 Å². The molecule has 1 aromatic rings. The number of H-pyrrole nitrogens is 1. The second-order valence-corrected chi connectivity index (χ2v) is 6.23. The van der Waals surface area contributed by atoms with Gasteiger partial charge < -0.3 is 0 Å². The zero-order valence-corrected chi connectivity index (χ0v) is 14.9. The van der Waals surface area contributed by atoms with Gasteiger partial charge in [0.15, 0.2) is 0 Å². The summed E-state index contributed by atoms with van der Waals surface area (Å²) in [6, 6.07) is 0. The fraction of sp³-hybridized carbons (Fsp3) is 0.400. The standard InChI is InChI=1S/C5H7N3.3W/c1-7-3-6-4-8(2)5-7;;;/h6H,1-2H3;;;. The van der Waals surface area contributed by atoms with Crippen molar-refractivity contribution in [2.75, 3.05) is 0 Å². The third-order valence-corrected chi connectivity index (χ3v) is 6.07. The minimum absolute atomic E-state index is 1.30. The van der Waals surface area contributed by atoms with E-state index < -0.39 is 0 Å². The number of nitrogens with zero attached hydrogens (tertiary/aromatic N) is 2. The third-order valence-electron chi connectivity index (χ3n) is 1.40. The summed E-state index contributed by atoms with van der Waals surface area (Å²) in [4.78, 5) is 3.36. The molecule has 0 radical (unpaired) electrons. The first-order valence-corrected chi connectivity index (χ1v) is 7.30. The summed E-state index contributed by atoms with van der Waals surface area (Å²) in [5.74, 6) is 0. The SMILES string of the molecule is Cn1[c](=[W])[nH][c](=[W])n(C)[c]1=[W]. The molecule has 1 rings (SSSR count). The Kier molecular flexibility index (Phi) is 3.56.